The first kappa shape index (κ1) is 8.48. The molecule has 0 aromatic heterocycles. The molecule has 1 N–H and O–H groups in total. The molecule has 0 saturated carbocycles. The highest BCUT2D eigenvalue weighted by atomic mass is 127. The lowest BCUT2D eigenvalue weighted by Gasteiger charge is -2.06. The van der Waals surface area contributed by atoms with Crippen molar-refractivity contribution in [3.05, 3.63) is 38.6 Å². The quantitative estimate of drug-likeness (QED) is 0.616. The summed E-state index contributed by atoms with van der Waals surface area (Å²) in [5.41, 5.74) is 1.70. The maximum Gasteiger partial charge on any atom is 0.240 e. The Kier molecular flexibility index (Phi) is 2.84. The van der Waals surface area contributed by atoms with Crippen LogP contribution in [0.1, 0.15) is 10.4 Å². The number of halogens is 1. The SMILES string of the molecule is O=C(N[O-])c1ccc(I)cc1. The highest BCUT2D eigenvalue weighted by Crippen LogP contribution is 2.06. The van der Waals surface area contributed by atoms with Gasteiger partial charge in [-0.3, -0.25) is 4.79 Å². The second-order valence-corrected chi connectivity index (χ2v) is 3.18. The van der Waals surface area contributed by atoms with Gasteiger partial charge in [-0.05, 0) is 46.9 Å². The van der Waals surface area contributed by atoms with Crippen LogP contribution in [-0.2, 0) is 0 Å². The molecule has 0 radical (unpaired) electrons. The van der Waals surface area contributed by atoms with Crippen LogP contribution in [0.4, 0.5) is 0 Å². The Hall–Kier alpha value is -0.620. The molecule has 0 bridgehead atoms. The predicted molar refractivity (Wildman–Crippen MR) is 50.0 cm³/mol. The van der Waals surface area contributed by atoms with Gasteiger partial charge in [-0.2, -0.15) is 0 Å². The van der Waals surface area contributed by atoms with E-state index < -0.39 is 5.91 Å². The first-order valence-corrected chi connectivity index (χ1v) is 4.00. The molecule has 1 rings (SSSR count). The van der Waals surface area contributed by atoms with Crippen LogP contribution in [0.25, 0.3) is 0 Å². The van der Waals surface area contributed by atoms with E-state index in [1.807, 2.05) is 0 Å². The number of rotatable bonds is 1. The number of carbonyl (C=O) groups excluding carboxylic acids is 1. The largest absolute Gasteiger partial charge is 0.759 e. The molecule has 4 heteroatoms. The summed E-state index contributed by atoms with van der Waals surface area (Å²) in [5.74, 6) is -0.596. The number of amides is 1. The molecule has 0 aliphatic rings. The smallest absolute Gasteiger partial charge is 0.240 e. The third-order valence-electron chi connectivity index (χ3n) is 1.20. The summed E-state index contributed by atoms with van der Waals surface area (Å²) in [4.78, 5) is 10.7. The molecule has 58 valence electrons. The molecule has 0 aliphatic heterocycles. The Morgan fingerprint density at radius 3 is 2.36 bits per heavy atom. The van der Waals surface area contributed by atoms with Crippen molar-refractivity contribution in [3.63, 3.8) is 0 Å². The van der Waals surface area contributed by atoms with E-state index >= 15 is 0 Å². The Balaban J connectivity index is 2.90. The third kappa shape index (κ3) is 2.16. The fourth-order valence-corrected chi connectivity index (χ4v) is 1.02. The molecule has 0 spiro atoms. The fraction of sp³-hybridized carbons (Fsp3) is 0. The molecular formula is C7H5INO2-. The highest BCUT2D eigenvalue weighted by molar-refractivity contribution is 14.1. The van der Waals surface area contributed by atoms with Gasteiger partial charge in [0.15, 0.2) is 0 Å². The van der Waals surface area contributed by atoms with E-state index in [9.17, 15) is 10.0 Å². The average molecular weight is 262 g/mol. The zero-order valence-electron chi connectivity index (χ0n) is 5.50. The monoisotopic (exact) mass is 262 g/mol. The van der Waals surface area contributed by atoms with Gasteiger partial charge >= 0.3 is 0 Å². The summed E-state index contributed by atoms with van der Waals surface area (Å²) in [6.45, 7) is 0. The Morgan fingerprint density at radius 2 is 1.91 bits per heavy atom. The van der Waals surface area contributed by atoms with Gasteiger partial charge in [-0.15, -0.1) is 0 Å². The van der Waals surface area contributed by atoms with E-state index in [4.69, 9.17) is 0 Å². The van der Waals surface area contributed by atoms with E-state index in [1.54, 1.807) is 24.3 Å². The van der Waals surface area contributed by atoms with Crippen LogP contribution in [-0.4, -0.2) is 5.91 Å². The number of carbonyl (C=O) groups is 1. The zero-order valence-corrected chi connectivity index (χ0v) is 7.66. The Bertz CT molecular complexity index is 258. The average Bonchev–Trinajstić information content (AvgIpc) is 2.05. The second kappa shape index (κ2) is 3.68. The standard InChI is InChI=1S/C7H5INO2/c8-6-3-1-5(2-4-6)7(10)9-11/h1-4H,(H-,9,10,11)/q-1. The van der Waals surface area contributed by atoms with Crippen LogP contribution in [0.2, 0.25) is 0 Å². The highest BCUT2D eigenvalue weighted by Gasteiger charge is 1.97. The zero-order chi connectivity index (χ0) is 8.27. The lowest BCUT2D eigenvalue weighted by molar-refractivity contribution is 0.0970. The molecular weight excluding hydrogens is 257 g/mol. The van der Waals surface area contributed by atoms with E-state index in [-0.39, 0.29) is 0 Å². The summed E-state index contributed by atoms with van der Waals surface area (Å²) in [5, 5.41) is 9.91. The van der Waals surface area contributed by atoms with Crippen molar-refractivity contribution in [1.29, 1.82) is 0 Å². The third-order valence-corrected chi connectivity index (χ3v) is 1.92. The van der Waals surface area contributed by atoms with E-state index in [0.29, 0.717) is 5.56 Å². The normalized spacial score (nSPS) is 9.27. The van der Waals surface area contributed by atoms with E-state index in [0.717, 1.165) is 3.57 Å². The predicted octanol–water partition coefficient (Wildman–Crippen LogP) is 1.52. The maximum atomic E-state index is 10.7. The van der Waals surface area contributed by atoms with Crippen LogP contribution >= 0.6 is 22.6 Å². The Morgan fingerprint density at radius 1 is 1.36 bits per heavy atom. The van der Waals surface area contributed by atoms with Crippen molar-refractivity contribution < 1.29 is 4.79 Å². The summed E-state index contributed by atoms with van der Waals surface area (Å²) in [7, 11) is 0. The van der Waals surface area contributed by atoms with Crippen LogP contribution in [0.3, 0.4) is 0 Å². The van der Waals surface area contributed by atoms with Crippen molar-refractivity contribution in [2.75, 3.05) is 0 Å². The molecule has 1 aromatic carbocycles. The minimum Gasteiger partial charge on any atom is -0.759 e. The van der Waals surface area contributed by atoms with Crippen LogP contribution < -0.4 is 5.48 Å². The van der Waals surface area contributed by atoms with Crippen LogP contribution in [0.5, 0.6) is 0 Å². The van der Waals surface area contributed by atoms with Gasteiger partial charge in [0.1, 0.15) is 0 Å². The number of benzene rings is 1. The van der Waals surface area contributed by atoms with Gasteiger partial charge in [0.25, 0.3) is 0 Å². The number of hydrogen-bond donors (Lipinski definition) is 1. The number of nitrogens with one attached hydrogen (secondary N) is 1. The molecule has 0 heterocycles. The molecule has 1 amide bonds. The lowest BCUT2D eigenvalue weighted by atomic mass is 10.2. The number of hydroxylamine groups is 1. The van der Waals surface area contributed by atoms with Crippen molar-refractivity contribution in [2.24, 2.45) is 0 Å². The fourth-order valence-electron chi connectivity index (χ4n) is 0.660. The van der Waals surface area contributed by atoms with Gasteiger partial charge in [0.2, 0.25) is 5.91 Å². The van der Waals surface area contributed by atoms with E-state index in [2.05, 4.69) is 22.6 Å². The summed E-state index contributed by atoms with van der Waals surface area (Å²) in [6.07, 6.45) is 0. The maximum absolute atomic E-state index is 10.7. The molecule has 0 fully saturated rings. The summed E-state index contributed by atoms with van der Waals surface area (Å²) >= 11 is 2.12. The van der Waals surface area contributed by atoms with Gasteiger partial charge in [-0.25, -0.2) is 0 Å². The lowest BCUT2D eigenvalue weighted by Crippen LogP contribution is -2.15. The molecule has 0 atom stereocenters. The van der Waals surface area contributed by atoms with Crippen molar-refractivity contribution in [1.82, 2.24) is 5.48 Å². The first-order chi connectivity index (χ1) is 5.24. The van der Waals surface area contributed by atoms with E-state index in [1.165, 1.54) is 5.48 Å². The molecule has 0 aliphatic carbocycles. The first-order valence-electron chi connectivity index (χ1n) is 2.92. The van der Waals surface area contributed by atoms with Crippen molar-refractivity contribution >= 4 is 28.5 Å². The minimum absolute atomic E-state index is 0.389. The number of hydrogen-bond acceptors (Lipinski definition) is 2. The van der Waals surface area contributed by atoms with Crippen LogP contribution in [0.15, 0.2) is 24.3 Å². The molecule has 11 heavy (non-hydrogen) atoms. The molecule has 3 nitrogen and oxygen atoms in total. The summed E-state index contributed by atoms with van der Waals surface area (Å²) < 4.78 is 1.03. The Labute approximate surface area is 77.5 Å². The molecule has 0 unspecified atom stereocenters. The van der Waals surface area contributed by atoms with Gasteiger partial charge < -0.3 is 10.7 Å². The van der Waals surface area contributed by atoms with Crippen molar-refractivity contribution in [2.45, 2.75) is 0 Å². The minimum atomic E-state index is -0.596. The van der Waals surface area contributed by atoms with Crippen molar-refractivity contribution in [3.8, 4) is 0 Å². The topological polar surface area (TPSA) is 52.2 Å². The van der Waals surface area contributed by atoms with Crippen LogP contribution in [0, 0.1) is 8.78 Å². The van der Waals surface area contributed by atoms with Gasteiger partial charge in [-0.1, -0.05) is 0 Å². The molecule has 0 saturated heterocycles. The molecule has 1 aromatic rings. The summed E-state index contributed by atoms with van der Waals surface area (Å²) in [6, 6.07) is 6.75. The van der Waals surface area contributed by atoms with Gasteiger partial charge in [0, 0.05) is 9.13 Å². The second-order valence-electron chi connectivity index (χ2n) is 1.94. The van der Waals surface area contributed by atoms with Gasteiger partial charge in [0.05, 0.1) is 0 Å².